The van der Waals surface area contributed by atoms with Gasteiger partial charge in [0.2, 0.25) is 5.91 Å². The van der Waals surface area contributed by atoms with E-state index in [2.05, 4.69) is 5.32 Å². The molecule has 1 amide bonds. The van der Waals surface area contributed by atoms with E-state index in [4.69, 9.17) is 10.5 Å². The first-order valence-corrected chi connectivity index (χ1v) is 5.99. The zero-order valence-electron chi connectivity index (χ0n) is 11.1. The van der Waals surface area contributed by atoms with Crippen LogP contribution in [0.3, 0.4) is 0 Å². The van der Waals surface area contributed by atoms with Crippen LogP contribution >= 0.6 is 0 Å². The molecule has 0 heterocycles. The first-order chi connectivity index (χ1) is 8.95. The fraction of sp³-hybridized carbons (Fsp3) is 0.462. The van der Waals surface area contributed by atoms with Crippen LogP contribution in [-0.4, -0.2) is 35.9 Å². The van der Waals surface area contributed by atoms with Gasteiger partial charge in [-0.3, -0.25) is 4.79 Å². The van der Waals surface area contributed by atoms with Gasteiger partial charge in [0.15, 0.2) is 0 Å². The smallest absolute Gasteiger partial charge is 0.216 e. The number of rotatable bonds is 6. The molecule has 0 spiro atoms. The van der Waals surface area contributed by atoms with Gasteiger partial charge in [-0.05, 0) is 24.1 Å². The highest BCUT2D eigenvalue weighted by atomic mass is 16.5. The van der Waals surface area contributed by atoms with Crippen molar-refractivity contribution in [2.45, 2.75) is 25.6 Å². The molecule has 1 aromatic carbocycles. The van der Waals surface area contributed by atoms with Gasteiger partial charge < -0.3 is 26.0 Å². The maximum Gasteiger partial charge on any atom is 0.216 e. The third kappa shape index (κ3) is 4.42. The van der Waals surface area contributed by atoms with Crippen LogP contribution in [0.2, 0.25) is 0 Å². The number of carbonyl (C=O) groups is 1. The van der Waals surface area contributed by atoms with Crippen molar-refractivity contribution >= 4 is 11.6 Å². The molecule has 5 N–H and O–H groups in total. The van der Waals surface area contributed by atoms with Gasteiger partial charge in [0.05, 0.1) is 18.9 Å². The van der Waals surface area contributed by atoms with Crippen molar-refractivity contribution in [3.8, 4) is 5.75 Å². The van der Waals surface area contributed by atoms with E-state index in [1.54, 1.807) is 18.2 Å². The van der Waals surface area contributed by atoms with Crippen molar-refractivity contribution in [3.05, 3.63) is 23.8 Å². The number of amides is 1. The molecule has 1 rings (SSSR count). The van der Waals surface area contributed by atoms with Crippen LogP contribution in [0, 0.1) is 0 Å². The molecule has 6 heteroatoms. The highest BCUT2D eigenvalue weighted by molar-refractivity contribution is 5.72. The van der Waals surface area contributed by atoms with Gasteiger partial charge >= 0.3 is 0 Å². The van der Waals surface area contributed by atoms with E-state index in [-0.39, 0.29) is 12.3 Å². The van der Waals surface area contributed by atoms with E-state index < -0.39 is 12.2 Å². The fourth-order valence-corrected chi connectivity index (χ4v) is 1.71. The van der Waals surface area contributed by atoms with E-state index in [9.17, 15) is 15.0 Å². The number of benzene rings is 1. The topological polar surface area (TPSA) is 105 Å². The number of ether oxygens (including phenoxy) is 1. The molecule has 0 aromatic heterocycles. The molecule has 0 aliphatic heterocycles. The lowest BCUT2D eigenvalue weighted by molar-refractivity contribution is -0.119. The van der Waals surface area contributed by atoms with Crippen LogP contribution in [0.4, 0.5) is 5.69 Å². The first kappa shape index (κ1) is 15.3. The summed E-state index contributed by atoms with van der Waals surface area (Å²) in [6.07, 6.45) is -1.77. The molecule has 19 heavy (non-hydrogen) atoms. The van der Waals surface area contributed by atoms with Crippen molar-refractivity contribution in [1.82, 2.24) is 5.32 Å². The number of carbonyl (C=O) groups excluding carboxylic acids is 1. The summed E-state index contributed by atoms with van der Waals surface area (Å²) in [5.41, 5.74) is 6.64. The number of nitrogens with two attached hydrogens (primary N) is 1. The Balaban J connectivity index is 2.63. The maximum absolute atomic E-state index is 10.7. The third-order valence-corrected chi connectivity index (χ3v) is 2.77. The van der Waals surface area contributed by atoms with E-state index in [0.717, 1.165) is 0 Å². The average molecular weight is 268 g/mol. The van der Waals surface area contributed by atoms with E-state index >= 15 is 0 Å². The second-order valence-electron chi connectivity index (χ2n) is 4.29. The standard InChI is InChI=1S/C13H20N2O4/c1-8(16)15-6-5-11(17)13(18)9-3-4-12(19-2)10(14)7-9/h3-4,7,11,13,17-18H,5-6,14H2,1-2H3,(H,15,16). The van der Waals surface area contributed by atoms with Crippen molar-refractivity contribution < 1.29 is 19.7 Å². The van der Waals surface area contributed by atoms with Gasteiger partial charge in [0.25, 0.3) is 0 Å². The predicted molar refractivity (Wildman–Crippen MR) is 71.7 cm³/mol. The second kappa shape index (κ2) is 6.96. The SMILES string of the molecule is COc1ccc(C(O)C(O)CCNC(C)=O)cc1N. The minimum Gasteiger partial charge on any atom is -0.495 e. The molecule has 0 aliphatic carbocycles. The summed E-state index contributed by atoms with van der Waals surface area (Å²) in [6, 6.07) is 4.83. The summed E-state index contributed by atoms with van der Waals surface area (Å²) in [6.45, 7) is 1.70. The van der Waals surface area contributed by atoms with Gasteiger partial charge in [-0.15, -0.1) is 0 Å². The van der Waals surface area contributed by atoms with Crippen molar-refractivity contribution in [2.75, 3.05) is 19.4 Å². The predicted octanol–water partition coefficient (Wildman–Crippen LogP) is 0.198. The highest BCUT2D eigenvalue weighted by Crippen LogP contribution is 2.27. The van der Waals surface area contributed by atoms with E-state index in [1.165, 1.54) is 14.0 Å². The number of aliphatic hydroxyl groups is 2. The molecular weight excluding hydrogens is 248 g/mol. The van der Waals surface area contributed by atoms with E-state index in [0.29, 0.717) is 23.5 Å². The van der Waals surface area contributed by atoms with Gasteiger partial charge in [-0.25, -0.2) is 0 Å². The molecular formula is C13H20N2O4. The summed E-state index contributed by atoms with van der Waals surface area (Å²) in [5.74, 6) is 0.346. The van der Waals surface area contributed by atoms with Crippen molar-refractivity contribution in [3.63, 3.8) is 0 Å². The maximum atomic E-state index is 10.7. The molecule has 0 bridgehead atoms. The number of methoxy groups -OCH3 is 1. The summed E-state index contributed by atoms with van der Waals surface area (Å²) in [5, 5.41) is 22.4. The quantitative estimate of drug-likeness (QED) is 0.552. The highest BCUT2D eigenvalue weighted by Gasteiger charge is 2.19. The number of anilines is 1. The number of aliphatic hydroxyl groups excluding tert-OH is 2. The minimum absolute atomic E-state index is 0.171. The monoisotopic (exact) mass is 268 g/mol. The number of hydrogen-bond donors (Lipinski definition) is 4. The lowest BCUT2D eigenvalue weighted by Crippen LogP contribution is -2.27. The summed E-state index contributed by atoms with van der Waals surface area (Å²) in [4.78, 5) is 10.7. The lowest BCUT2D eigenvalue weighted by atomic mass is 10.0. The zero-order valence-corrected chi connectivity index (χ0v) is 11.1. The molecule has 0 saturated carbocycles. The molecule has 2 unspecified atom stereocenters. The molecule has 2 atom stereocenters. The van der Waals surface area contributed by atoms with E-state index in [1.807, 2.05) is 0 Å². The molecule has 0 radical (unpaired) electrons. The van der Waals surface area contributed by atoms with Crippen LogP contribution in [0.5, 0.6) is 5.75 Å². The largest absolute Gasteiger partial charge is 0.495 e. The first-order valence-electron chi connectivity index (χ1n) is 5.99. The Labute approximate surface area is 112 Å². The van der Waals surface area contributed by atoms with Crippen molar-refractivity contribution in [1.29, 1.82) is 0 Å². The molecule has 0 aliphatic rings. The van der Waals surface area contributed by atoms with Crippen LogP contribution in [0.25, 0.3) is 0 Å². The van der Waals surface area contributed by atoms with Gasteiger partial charge in [-0.1, -0.05) is 6.07 Å². The zero-order chi connectivity index (χ0) is 14.4. The van der Waals surface area contributed by atoms with Crippen LogP contribution in [-0.2, 0) is 4.79 Å². The molecule has 106 valence electrons. The lowest BCUT2D eigenvalue weighted by Gasteiger charge is -2.19. The Hall–Kier alpha value is -1.79. The number of nitrogen functional groups attached to an aromatic ring is 1. The molecule has 0 fully saturated rings. The fourth-order valence-electron chi connectivity index (χ4n) is 1.71. The Morgan fingerprint density at radius 2 is 2.16 bits per heavy atom. The molecule has 1 aromatic rings. The van der Waals surface area contributed by atoms with Gasteiger partial charge in [0, 0.05) is 13.5 Å². The third-order valence-electron chi connectivity index (χ3n) is 2.77. The summed E-state index contributed by atoms with van der Waals surface area (Å²) < 4.78 is 5.01. The van der Waals surface area contributed by atoms with Crippen LogP contribution < -0.4 is 15.8 Å². The normalized spacial score (nSPS) is 13.7. The molecule has 0 saturated heterocycles. The van der Waals surface area contributed by atoms with Gasteiger partial charge in [0.1, 0.15) is 11.9 Å². The summed E-state index contributed by atoms with van der Waals surface area (Å²) in [7, 11) is 1.50. The molecule has 6 nitrogen and oxygen atoms in total. The Bertz CT molecular complexity index is 437. The number of nitrogens with one attached hydrogen (secondary N) is 1. The number of hydrogen-bond acceptors (Lipinski definition) is 5. The average Bonchev–Trinajstić information content (AvgIpc) is 2.37. The van der Waals surface area contributed by atoms with Crippen molar-refractivity contribution in [2.24, 2.45) is 0 Å². The van der Waals surface area contributed by atoms with Crippen LogP contribution in [0.1, 0.15) is 25.0 Å². The summed E-state index contributed by atoms with van der Waals surface area (Å²) >= 11 is 0. The van der Waals surface area contributed by atoms with Gasteiger partial charge in [-0.2, -0.15) is 0 Å². The second-order valence-corrected chi connectivity index (χ2v) is 4.29. The van der Waals surface area contributed by atoms with Crippen LogP contribution in [0.15, 0.2) is 18.2 Å². The Morgan fingerprint density at radius 1 is 1.47 bits per heavy atom. The Morgan fingerprint density at radius 3 is 2.68 bits per heavy atom. The minimum atomic E-state index is -1.05. The Kier molecular flexibility index (Phi) is 5.59.